The Labute approximate surface area is 156 Å². The van der Waals surface area contributed by atoms with Crippen LogP contribution in [0.15, 0.2) is 35.9 Å². The molecule has 3 rings (SSSR count). The summed E-state index contributed by atoms with van der Waals surface area (Å²) in [7, 11) is 1.49. The van der Waals surface area contributed by atoms with Gasteiger partial charge in [0.05, 0.1) is 31.8 Å². The van der Waals surface area contributed by atoms with E-state index < -0.39 is 42.0 Å². The summed E-state index contributed by atoms with van der Waals surface area (Å²) in [4.78, 5) is 38.8. The number of nitrogens with zero attached hydrogens (tertiary/aromatic N) is 1. The molecule has 0 aliphatic carbocycles. The standard InChI is InChI=1S/C19H21NO7/c1-10-7-13(15-8-14(22)16(9-21)27-15)19(25)20(17(10)23)18(24)11-3-5-12(26-2)6-4-11/h3-7,13-16,21-22H,8-9H2,1-2H3. The fourth-order valence-electron chi connectivity index (χ4n) is 3.32. The minimum Gasteiger partial charge on any atom is -0.497 e. The number of aliphatic hydroxyl groups is 2. The molecule has 27 heavy (non-hydrogen) atoms. The van der Waals surface area contributed by atoms with Crippen molar-refractivity contribution in [3.05, 3.63) is 41.5 Å². The molecular formula is C19H21NO7. The average Bonchev–Trinajstić information content (AvgIpc) is 3.05. The molecule has 1 fully saturated rings. The van der Waals surface area contributed by atoms with E-state index in [1.54, 1.807) is 12.1 Å². The molecule has 2 aliphatic rings. The molecule has 1 aromatic carbocycles. The van der Waals surface area contributed by atoms with Gasteiger partial charge >= 0.3 is 0 Å². The van der Waals surface area contributed by atoms with Gasteiger partial charge in [-0.2, -0.15) is 0 Å². The Hall–Kier alpha value is -2.55. The Bertz CT molecular complexity index is 786. The normalized spacial score (nSPS) is 28.3. The number of methoxy groups -OCH3 is 1. The van der Waals surface area contributed by atoms with E-state index in [1.807, 2.05) is 0 Å². The number of ether oxygens (including phenoxy) is 2. The summed E-state index contributed by atoms with van der Waals surface area (Å²) in [6.45, 7) is 1.14. The first-order chi connectivity index (χ1) is 12.9. The van der Waals surface area contributed by atoms with Crippen LogP contribution >= 0.6 is 0 Å². The van der Waals surface area contributed by atoms with Crippen LogP contribution in [0.4, 0.5) is 0 Å². The summed E-state index contributed by atoms with van der Waals surface area (Å²) in [6, 6.07) is 6.08. The predicted molar refractivity (Wildman–Crippen MR) is 92.8 cm³/mol. The molecule has 144 valence electrons. The van der Waals surface area contributed by atoms with Crippen LogP contribution in [0.5, 0.6) is 5.75 Å². The van der Waals surface area contributed by atoms with Crippen molar-refractivity contribution >= 4 is 17.7 Å². The van der Waals surface area contributed by atoms with Crippen LogP contribution in [0, 0.1) is 5.92 Å². The molecule has 4 atom stereocenters. The zero-order valence-electron chi connectivity index (χ0n) is 15.0. The number of hydrogen-bond acceptors (Lipinski definition) is 7. The third kappa shape index (κ3) is 3.51. The largest absolute Gasteiger partial charge is 0.497 e. The first kappa shape index (κ1) is 19.2. The number of amides is 3. The number of aliphatic hydroxyl groups excluding tert-OH is 2. The van der Waals surface area contributed by atoms with E-state index in [1.165, 1.54) is 32.2 Å². The summed E-state index contributed by atoms with van der Waals surface area (Å²) < 4.78 is 10.6. The van der Waals surface area contributed by atoms with E-state index in [0.717, 1.165) is 0 Å². The Kier molecular flexibility index (Phi) is 5.41. The van der Waals surface area contributed by atoms with Crippen molar-refractivity contribution in [3.63, 3.8) is 0 Å². The first-order valence-electron chi connectivity index (χ1n) is 8.56. The second kappa shape index (κ2) is 7.59. The van der Waals surface area contributed by atoms with Crippen molar-refractivity contribution in [1.29, 1.82) is 0 Å². The zero-order chi connectivity index (χ0) is 19.7. The van der Waals surface area contributed by atoms with Gasteiger partial charge in [-0.15, -0.1) is 0 Å². The maximum absolute atomic E-state index is 12.9. The number of carbonyl (C=O) groups excluding carboxylic acids is 3. The van der Waals surface area contributed by atoms with Crippen LogP contribution in [0.25, 0.3) is 0 Å². The van der Waals surface area contributed by atoms with Gasteiger partial charge in [-0.05, 0) is 31.2 Å². The molecule has 2 heterocycles. The molecule has 1 aromatic rings. The lowest BCUT2D eigenvalue weighted by atomic mass is 9.91. The minimum absolute atomic E-state index is 0.129. The molecule has 0 bridgehead atoms. The van der Waals surface area contributed by atoms with Gasteiger partial charge in [0.25, 0.3) is 11.8 Å². The summed E-state index contributed by atoms with van der Waals surface area (Å²) in [5.41, 5.74) is 0.415. The van der Waals surface area contributed by atoms with Gasteiger partial charge in [0.15, 0.2) is 0 Å². The average molecular weight is 375 g/mol. The lowest BCUT2D eigenvalue weighted by Gasteiger charge is -2.30. The van der Waals surface area contributed by atoms with E-state index in [9.17, 15) is 24.6 Å². The molecule has 3 amide bonds. The van der Waals surface area contributed by atoms with Gasteiger partial charge in [-0.25, -0.2) is 4.90 Å². The second-order valence-electron chi connectivity index (χ2n) is 6.59. The minimum atomic E-state index is -0.912. The van der Waals surface area contributed by atoms with Gasteiger partial charge in [0.2, 0.25) is 5.91 Å². The third-order valence-corrected chi connectivity index (χ3v) is 4.85. The SMILES string of the molecule is COc1ccc(C(=O)N2C(=O)C(C)=CC(C3CC(O)C(CO)O3)C2=O)cc1. The van der Waals surface area contributed by atoms with Gasteiger partial charge in [-0.1, -0.05) is 6.08 Å². The maximum Gasteiger partial charge on any atom is 0.267 e. The molecule has 2 N–H and O–H groups in total. The number of carbonyl (C=O) groups is 3. The van der Waals surface area contributed by atoms with Crippen LogP contribution in [0.1, 0.15) is 23.7 Å². The van der Waals surface area contributed by atoms with Crippen LogP contribution in [-0.4, -0.2) is 64.9 Å². The monoisotopic (exact) mass is 375 g/mol. The van der Waals surface area contributed by atoms with E-state index in [4.69, 9.17) is 9.47 Å². The van der Waals surface area contributed by atoms with Gasteiger partial charge in [-0.3, -0.25) is 14.4 Å². The molecular weight excluding hydrogens is 354 g/mol. The topological polar surface area (TPSA) is 113 Å². The van der Waals surface area contributed by atoms with Crippen LogP contribution in [0.3, 0.4) is 0 Å². The number of rotatable bonds is 4. The summed E-state index contributed by atoms with van der Waals surface area (Å²) in [6.07, 6.45) is -0.840. The van der Waals surface area contributed by atoms with Crippen molar-refractivity contribution in [3.8, 4) is 5.75 Å². The third-order valence-electron chi connectivity index (χ3n) is 4.85. The van der Waals surface area contributed by atoms with Gasteiger partial charge in [0, 0.05) is 17.6 Å². The number of imide groups is 3. The predicted octanol–water partition coefficient (Wildman–Crippen LogP) is 0.277. The number of hydrogen-bond donors (Lipinski definition) is 2. The molecule has 0 radical (unpaired) electrons. The molecule has 0 aromatic heterocycles. The molecule has 2 aliphatic heterocycles. The molecule has 0 spiro atoms. The molecule has 0 saturated carbocycles. The number of benzene rings is 1. The molecule has 1 saturated heterocycles. The van der Waals surface area contributed by atoms with Crippen molar-refractivity contribution in [2.24, 2.45) is 5.92 Å². The van der Waals surface area contributed by atoms with Crippen LogP contribution in [-0.2, 0) is 14.3 Å². The molecule has 8 nitrogen and oxygen atoms in total. The lowest BCUT2D eigenvalue weighted by molar-refractivity contribution is -0.145. The quantitative estimate of drug-likeness (QED) is 0.727. The van der Waals surface area contributed by atoms with E-state index in [2.05, 4.69) is 0 Å². The second-order valence-corrected chi connectivity index (χ2v) is 6.59. The van der Waals surface area contributed by atoms with Gasteiger partial charge < -0.3 is 19.7 Å². The summed E-state index contributed by atoms with van der Waals surface area (Å²) in [5.74, 6) is -2.48. The Balaban J connectivity index is 1.87. The highest BCUT2D eigenvalue weighted by Gasteiger charge is 2.46. The Morgan fingerprint density at radius 1 is 1.30 bits per heavy atom. The first-order valence-corrected chi connectivity index (χ1v) is 8.56. The van der Waals surface area contributed by atoms with E-state index in [0.29, 0.717) is 10.6 Å². The van der Waals surface area contributed by atoms with Crippen molar-refractivity contribution < 1.29 is 34.1 Å². The van der Waals surface area contributed by atoms with Crippen molar-refractivity contribution in [1.82, 2.24) is 4.90 Å². The highest BCUT2D eigenvalue weighted by atomic mass is 16.5. The maximum atomic E-state index is 12.9. The highest BCUT2D eigenvalue weighted by molar-refractivity contribution is 6.22. The fourth-order valence-corrected chi connectivity index (χ4v) is 3.32. The Morgan fingerprint density at radius 3 is 2.52 bits per heavy atom. The summed E-state index contributed by atoms with van der Waals surface area (Å²) in [5, 5.41) is 19.2. The summed E-state index contributed by atoms with van der Waals surface area (Å²) >= 11 is 0. The smallest absolute Gasteiger partial charge is 0.267 e. The van der Waals surface area contributed by atoms with Crippen molar-refractivity contribution in [2.45, 2.75) is 31.7 Å². The van der Waals surface area contributed by atoms with Gasteiger partial charge in [0.1, 0.15) is 11.9 Å². The zero-order valence-corrected chi connectivity index (χ0v) is 15.0. The van der Waals surface area contributed by atoms with Crippen LogP contribution in [0.2, 0.25) is 0 Å². The molecule has 4 unspecified atom stereocenters. The molecule has 8 heteroatoms. The van der Waals surface area contributed by atoms with Crippen molar-refractivity contribution in [2.75, 3.05) is 13.7 Å². The Morgan fingerprint density at radius 2 is 1.96 bits per heavy atom. The van der Waals surface area contributed by atoms with E-state index in [-0.39, 0.29) is 24.2 Å². The van der Waals surface area contributed by atoms with E-state index >= 15 is 0 Å². The lowest BCUT2D eigenvalue weighted by Crippen LogP contribution is -2.50. The highest BCUT2D eigenvalue weighted by Crippen LogP contribution is 2.32. The fraction of sp³-hybridized carbons (Fsp3) is 0.421. The van der Waals surface area contributed by atoms with Crippen LogP contribution < -0.4 is 4.74 Å².